The fraction of sp³-hybridized carbons (Fsp3) is 0.796. The summed E-state index contributed by atoms with van der Waals surface area (Å²) in [6.07, 6.45) is 53.1. The van der Waals surface area contributed by atoms with E-state index >= 15 is 0 Å². The Hall–Kier alpha value is -2.03. The molecule has 0 bridgehead atoms. The van der Waals surface area contributed by atoms with E-state index in [1.807, 2.05) is 0 Å². The van der Waals surface area contributed by atoms with E-state index in [2.05, 4.69) is 62.5 Å². The van der Waals surface area contributed by atoms with Gasteiger partial charge in [0.05, 0.1) is 13.2 Å². The molecule has 0 aromatic rings. The number of allylic oxidation sites excluding steroid dienone is 8. The standard InChI is InChI=1S/C49H90NO8P/c1-3-5-7-9-11-13-15-17-19-20-21-22-23-24-25-26-28-30-32-34-36-38-40-42-49(52)58-47(46-57-59(53,54)56-44-43-50)45-55-48(51)41-39-37-35-33-31-29-27-18-16-14-12-10-8-6-4-2/h18,26-28,31,33-34,36,47H,3-17,19-25,29-30,32,35,37-46,50H2,1-2H3,(H,53,54)/b27-18+,28-26+,33-31+,36-34+/t47-/m1/s1. The highest BCUT2D eigenvalue weighted by molar-refractivity contribution is 7.47. The second kappa shape index (κ2) is 45.5. The molecule has 344 valence electrons. The van der Waals surface area contributed by atoms with Crippen LogP contribution in [0.3, 0.4) is 0 Å². The van der Waals surface area contributed by atoms with Crippen LogP contribution in [0.2, 0.25) is 0 Å². The summed E-state index contributed by atoms with van der Waals surface area (Å²) in [5.41, 5.74) is 5.35. The number of ether oxygens (including phenoxy) is 2. The molecule has 0 heterocycles. The molecule has 0 fully saturated rings. The number of hydrogen-bond acceptors (Lipinski definition) is 8. The Morgan fingerprint density at radius 2 is 0.915 bits per heavy atom. The third-order valence-electron chi connectivity index (χ3n) is 10.2. The Bertz CT molecular complexity index is 1110. The molecule has 0 amide bonds. The fourth-order valence-electron chi connectivity index (χ4n) is 6.57. The first-order valence-corrected chi connectivity index (χ1v) is 25.6. The molecule has 0 aromatic heterocycles. The van der Waals surface area contributed by atoms with Gasteiger partial charge in [-0.1, -0.05) is 178 Å². The minimum atomic E-state index is -4.40. The van der Waals surface area contributed by atoms with E-state index in [0.29, 0.717) is 12.8 Å². The van der Waals surface area contributed by atoms with Crippen LogP contribution in [-0.4, -0.2) is 49.3 Å². The number of unbranched alkanes of at least 4 members (excludes halogenated alkanes) is 24. The van der Waals surface area contributed by atoms with Crippen molar-refractivity contribution < 1.29 is 37.6 Å². The van der Waals surface area contributed by atoms with E-state index in [0.717, 1.165) is 51.4 Å². The van der Waals surface area contributed by atoms with Crippen LogP contribution in [0.25, 0.3) is 0 Å². The van der Waals surface area contributed by atoms with Gasteiger partial charge in [-0.05, 0) is 77.0 Å². The summed E-state index contributed by atoms with van der Waals surface area (Å²) in [5, 5.41) is 0. The van der Waals surface area contributed by atoms with E-state index < -0.39 is 32.5 Å². The molecule has 0 saturated heterocycles. The van der Waals surface area contributed by atoms with Gasteiger partial charge in [0.1, 0.15) is 6.61 Å². The maximum Gasteiger partial charge on any atom is 0.472 e. The number of phosphoric acid groups is 1. The summed E-state index contributed by atoms with van der Waals surface area (Å²) < 4.78 is 32.8. The van der Waals surface area contributed by atoms with E-state index in [9.17, 15) is 19.0 Å². The summed E-state index contributed by atoms with van der Waals surface area (Å²) in [7, 11) is -4.40. The van der Waals surface area contributed by atoms with Crippen molar-refractivity contribution in [3.05, 3.63) is 48.6 Å². The molecule has 3 N–H and O–H groups in total. The third-order valence-corrected chi connectivity index (χ3v) is 11.1. The topological polar surface area (TPSA) is 134 Å². The first kappa shape index (κ1) is 57.0. The summed E-state index contributed by atoms with van der Waals surface area (Å²) >= 11 is 0. The van der Waals surface area contributed by atoms with E-state index in [4.69, 9.17) is 24.3 Å². The number of phosphoric ester groups is 1. The van der Waals surface area contributed by atoms with Crippen molar-refractivity contribution in [3.8, 4) is 0 Å². The van der Waals surface area contributed by atoms with Crippen molar-refractivity contribution in [3.63, 3.8) is 0 Å². The molecule has 1 unspecified atom stereocenters. The average Bonchev–Trinajstić information content (AvgIpc) is 3.22. The summed E-state index contributed by atoms with van der Waals surface area (Å²) in [4.78, 5) is 34.9. The fourth-order valence-corrected chi connectivity index (χ4v) is 7.33. The highest BCUT2D eigenvalue weighted by Crippen LogP contribution is 2.43. The maximum atomic E-state index is 12.6. The molecular weight excluding hydrogens is 762 g/mol. The van der Waals surface area contributed by atoms with Gasteiger partial charge in [0, 0.05) is 19.4 Å². The van der Waals surface area contributed by atoms with Gasteiger partial charge in [-0.2, -0.15) is 0 Å². The lowest BCUT2D eigenvalue weighted by Crippen LogP contribution is -2.29. The van der Waals surface area contributed by atoms with Crippen molar-refractivity contribution in [2.45, 2.75) is 225 Å². The molecule has 2 atom stereocenters. The first-order valence-electron chi connectivity index (χ1n) is 24.1. The highest BCUT2D eigenvalue weighted by atomic mass is 31.2. The minimum absolute atomic E-state index is 0.0425. The Kier molecular flexibility index (Phi) is 43.9. The molecule has 0 rings (SSSR count). The average molecular weight is 852 g/mol. The molecule has 0 aromatic carbocycles. The summed E-state index contributed by atoms with van der Waals surface area (Å²) in [6.45, 7) is 3.66. The molecule has 0 aliphatic heterocycles. The van der Waals surface area contributed by atoms with Crippen LogP contribution in [-0.2, 0) is 32.7 Å². The predicted molar refractivity (Wildman–Crippen MR) is 247 cm³/mol. The second-order valence-corrected chi connectivity index (χ2v) is 17.4. The molecule has 59 heavy (non-hydrogen) atoms. The van der Waals surface area contributed by atoms with Crippen LogP contribution >= 0.6 is 7.82 Å². The number of esters is 2. The van der Waals surface area contributed by atoms with Crippen LogP contribution < -0.4 is 5.73 Å². The van der Waals surface area contributed by atoms with Crippen LogP contribution in [0.5, 0.6) is 0 Å². The molecule has 0 aliphatic rings. The number of hydrogen-bond donors (Lipinski definition) is 2. The Balaban J connectivity index is 4.16. The van der Waals surface area contributed by atoms with Crippen LogP contribution in [0.1, 0.15) is 219 Å². The van der Waals surface area contributed by atoms with Crippen molar-refractivity contribution in [2.24, 2.45) is 5.73 Å². The summed E-state index contributed by atoms with van der Waals surface area (Å²) in [5.74, 6) is -0.914. The van der Waals surface area contributed by atoms with E-state index in [1.165, 1.54) is 128 Å². The monoisotopic (exact) mass is 852 g/mol. The zero-order valence-electron chi connectivity index (χ0n) is 38.0. The van der Waals surface area contributed by atoms with Crippen LogP contribution in [0, 0.1) is 0 Å². The number of carbonyl (C=O) groups is 2. The van der Waals surface area contributed by atoms with Gasteiger partial charge >= 0.3 is 19.8 Å². The quantitative estimate of drug-likeness (QED) is 0.0266. The lowest BCUT2D eigenvalue weighted by atomic mass is 10.0. The lowest BCUT2D eigenvalue weighted by molar-refractivity contribution is -0.161. The zero-order chi connectivity index (χ0) is 43.2. The molecular formula is C49H90NO8P. The smallest absolute Gasteiger partial charge is 0.462 e. The second-order valence-electron chi connectivity index (χ2n) is 16.0. The van der Waals surface area contributed by atoms with Crippen LogP contribution in [0.4, 0.5) is 0 Å². The highest BCUT2D eigenvalue weighted by Gasteiger charge is 2.26. The molecule has 0 saturated carbocycles. The lowest BCUT2D eigenvalue weighted by Gasteiger charge is -2.19. The molecule has 0 radical (unpaired) electrons. The molecule has 9 nitrogen and oxygen atoms in total. The van der Waals surface area contributed by atoms with Gasteiger partial charge in [-0.3, -0.25) is 18.6 Å². The normalized spacial score (nSPS) is 13.6. The van der Waals surface area contributed by atoms with E-state index in [-0.39, 0.29) is 32.6 Å². The molecule has 0 spiro atoms. The van der Waals surface area contributed by atoms with Gasteiger partial charge in [-0.15, -0.1) is 0 Å². The summed E-state index contributed by atoms with van der Waals surface area (Å²) in [6, 6.07) is 0. The van der Waals surface area contributed by atoms with Crippen molar-refractivity contribution >= 4 is 19.8 Å². The van der Waals surface area contributed by atoms with Crippen molar-refractivity contribution in [1.29, 1.82) is 0 Å². The SMILES string of the molecule is CCCCCCCC/C=C/C/C=C/CCCCC(=O)OC[C@H](COP(=O)(O)OCCN)OC(=O)CCC/C=C/CC/C=C/CCCCCCCCCCCCCCCC. The van der Waals surface area contributed by atoms with Crippen molar-refractivity contribution in [1.82, 2.24) is 0 Å². The number of carbonyl (C=O) groups excluding carboxylic acids is 2. The van der Waals surface area contributed by atoms with E-state index in [1.54, 1.807) is 0 Å². The van der Waals surface area contributed by atoms with Gasteiger partial charge < -0.3 is 20.1 Å². The maximum absolute atomic E-state index is 12.6. The first-order chi connectivity index (χ1) is 28.8. The van der Waals surface area contributed by atoms with Gasteiger partial charge in [0.2, 0.25) is 0 Å². The van der Waals surface area contributed by atoms with Crippen molar-refractivity contribution in [2.75, 3.05) is 26.4 Å². The minimum Gasteiger partial charge on any atom is -0.462 e. The number of rotatable bonds is 45. The Labute approximate surface area is 362 Å². The predicted octanol–water partition coefficient (Wildman–Crippen LogP) is 14.3. The zero-order valence-corrected chi connectivity index (χ0v) is 38.9. The van der Waals surface area contributed by atoms with Gasteiger partial charge in [0.15, 0.2) is 6.10 Å². The molecule has 10 heteroatoms. The van der Waals surface area contributed by atoms with Gasteiger partial charge in [0.25, 0.3) is 0 Å². The number of nitrogens with two attached hydrogens (primary N) is 1. The molecule has 0 aliphatic carbocycles. The van der Waals surface area contributed by atoms with Crippen LogP contribution in [0.15, 0.2) is 48.6 Å². The Morgan fingerprint density at radius 1 is 0.508 bits per heavy atom. The largest absolute Gasteiger partial charge is 0.472 e. The van der Waals surface area contributed by atoms with Gasteiger partial charge in [-0.25, -0.2) is 4.57 Å². The third kappa shape index (κ3) is 45.3. The Morgan fingerprint density at radius 3 is 1.41 bits per heavy atom.